The number of rotatable bonds is 3. The van der Waals surface area contributed by atoms with Crippen LogP contribution < -0.4 is 16.2 Å². The van der Waals surface area contributed by atoms with Crippen LogP contribution in [0.4, 0.5) is 5.82 Å². The van der Waals surface area contributed by atoms with E-state index in [1.807, 2.05) is 36.4 Å². The number of carbonyl (C=O) groups is 1. The zero-order valence-corrected chi connectivity index (χ0v) is 11.9. The summed E-state index contributed by atoms with van der Waals surface area (Å²) in [5.41, 5.74) is 6.01. The molecule has 0 bridgehead atoms. The van der Waals surface area contributed by atoms with Crippen LogP contribution >= 0.6 is 12.2 Å². The van der Waals surface area contributed by atoms with Crippen molar-refractivity contribution in [2.45, 2.75) is 0 Å². The second-order valence-corrected chi connectivity index (χ2v) is 4.44. The molecule has 2 rings (SSSR count). The van der Waals surface area contributed by atoms with Gasteiger partial charge in [-0.15, -0.1) is 0 Å². The van der Waals surface area contributed by atoms with E-state index in [9.17, 15) is 4.79 Å². The number of carbonyl (C=O) groups excluding carboxylic acids is 1. The van der Waals surface area contributed by atoms with Gasteiger partial charge in [0.1, 0.15) is 5.82 Å². The lowest BCUT2D eigenvalue weighted by molar-refractivity contribution is -0.116. The summed E-state index contributed by atoms with van der Waals surface area (Å²) in [5, 5.41) is 3.10. The molecule has 21 heavy (non-hydrogen) atoms. The maximum absolute atomic E-state index is 11.6. The van der Waals surface area contributed by atoms with E-state index in [1.165, 1.54) is 6.08 Å². The molecule has 1 aromatic heterocycles. The van der Waals surface area contributed by atoms with Crippen molar-refractivity contribution in [1.29, 1.82) is 0 Å². The summed E-state index contributed by atoms with van der Waals surface area (Å²) >= 11 is 5.03. The predicted molar refractivity (Wildman–Crippen MR) is 87.2 cm³/mol. The van der Waals surface area contributed by atoms with Gasteiger partial charge < -0.3 is 5.32 Å². The molecule has 0 radical (unpaired) electrons. The van der Waals surface area contributed by atoms with Crippen LogP contribution in [0.2, 0.25) is 0 Å². The molecule has 0 aliphatic heterocycles. The second-order valence-electron chi connectivity index (χ2n) is 4.03. The van der Waals surface area contributed by atoms with Crippen LogP contribution in [-0.4, -0.2) is 16.0 Å². The first kappa shape index (κ1) is 14.7. The molecule has 1 heterocycles. The standard InChI is InChI=1S/C15H14N4OS/c20-14(10-9-12-6-2-1-3-7-12)18-19-15(21)17-13-8-4-5-11-16-13/h1-11H,(H,18,20)(H2,16,17,19,21)/b10-9+. The number of aromatic nitrogens is 1. The number of nitrogens with zero attached hydrogens (tertiary/aromatic N) is 1. The first-order valence-electron chi connectivity index (χ1n) is 6.25. The first-order chi connectivity index (χ1) is 10.2. The Labute approximate surface area is 128 Å². The second kappa shape index (κ2) is 7.76. The highest BCUT2D eigenvalue weighted by Gasteiger charge is 1.99. The SMILES string of the molecule is O=C(/C=C/c1ccccc1)NNC(=S)Nc1ccccn1. The molecule has 0 aliphatic rings. The van der Waals surface area contributed by atoms with Crippen molar-refractivity contribution in [3.63, 3.8) is 0 Å². The number of amides is 1. The lowest BCUT2D eigenvalue weighted by Gasteiger charge is -2.09. The van der Waals surface area contributed by atoms with Crippen LogP contribution in [0.1, 0.15) is 5.56 Å². The third kappa shape index (κ3) is 5.42. The van der Waals surface area contributed by atoms with E-state index in [0.717, 1.165) is 5.56 Å². The van der Waals surface area contributed by atoms with Crippen LogP contribution in [-0.2, 0) is 4.79 Å². The van der Waals surface area contributed by atoms with Gasteiger partial charge in [0.05, 0.1) is 0 Å². The fourth-order valence-corrected chi connectivity index (χ4v) is 1.64. The molecule has 0 fully saturated rings. The van der Waals surface area contributed by atoms with Gasteiger partial charge in [-0.3, -0.25) is 15.6 Å². The Morgan fingerprint density at radius 2 is 1.81 bits per heavy atom. The largest absolute Gasteiger partial charge is 0.316 e. The number of hydrogen-bond donors (Lipinski definition) is 3. The van der Waals surface area contributed by atoms with Gasteiger partial charge in [0.2, 0.25) is 0 Å². The van der Waals surface area contributed by atoms with Crippen molar-refractivity contribution in [3.8, 4) is 0 Å². The number of nitrogens with one attached hydrogen (secondary N) is 3. The smallest absolute Gasteiger partial charge is 0.262 e. The van der Waals surface area contributed by atoms with E-state index in [-0.39, 0.29) is 11.0 Å². The number of hydrogen-bond acceptors (Lipinski definition) is 3. The van der Waals surface area contributed by atoms with Crippen molar-refractivity contribution in [2.75, 3.05) is 5.32 Å². The van der Waals surface area contributed by atoms with Gasteiger partial charge in [-0.1, -0.05) is 36.4 Å². The van der Waals surface area contributed by atoms with Crippen LogP contribution in [0.15, 0.2) is 60.8 Å². The Morgan fingerprint density at radius 1 is 1.05 bits per heavy atom. The van der Waals surface area contributed by atoms with Crippen molar-refractivity contribution >= 4 is 35.1 Å². The Bertz CT molecular complexity index is 629. The summed E-state index contributed by atoms with van der Waals surface area (Å²) in [4.78, 5) is 15.7. The van der Waals surface area contributed by atoms with E-state index < -0.39 is 0 Å². The number of thiocarbonyl (C=S) groups is 1. The van der Waals surface area contributed by atoms with Gasteiger partial charge in [-0.25, -0.2) is 4.98 Å². The number of anilines is 1. The molecule has 6 heteroatoms. The molecule has 106 valence electrons. The normalized spacial score (nSPS) is 10.1. The fraction of sp³-hybridized carbons (Fsp3) is 0. The first-order valence-corrected chi connectivity index (χ1v) is 6.66. The third-order valence-electron chi connectivity index (χ3n) is 2.43. The number of pyridine rings is 1. The lowest BCUT2D eigenvalue weighted by Crippen LogP contribution is -2.43. The quantitative estimate of drug-likeness (QED) is 0.460. The van der Waals surface area contributed by atoms with Gasteiger partial charge >= 0.3 is 0 Å². The number of benzene rings is 1. The summed E-state index contributed by atoms with van der Waals surface area (Å²) in [6.45, 7) is 0. The minimum atomic E-state index is -0.302. The minimum absolute atomic E-state index is 0.259. The van der Waals surface area contributed by atoms with Gasteiger partial charge in [0.15, 0.2) is 5.11 Å². The maximum Gasteiger partial charge on any atom is 0.262 e. The molecular formula is C15H14N4OS. The molecule has 3 N–H and O–H groups in total. The summed E-state index contributed by atoms with van der Waals surface area (Å²) in [5.74, 6) is 0.299. The monoisotopic (exact) mass is 298 g/mol. The van der Waals surface area contributed by atoms with Gasteiger partial charge in [0.25, 0.3) is 5.91 Å². The Hall–Kier alpha value is -2.73. The van der Waals surface area contributed by atoms with Crippen molar-refractivity contribution in [1.82, 2.24) is 15.8 Å². The van der Waals surface area contributed by atoms with Crippen LogP contribution in [0.25, 0.3) is 6.08 Å². The molecule has 0 aliphatic carbocycles. The van der Waals surface area contributed by atoms with E-state index >= 15 is 0 Å². The molecular weight excluding hydrogens is 284 g/mol. The zero-order chi connectivity index (χ0) is 14.9. The van der Waals surface area contributed by atoms with Crippen molar-refractivity contribution in [2.24, 2.45) is 0 Å². The summed E-state index contributed by atoms with van der Waals surface area (Å²) in [7, 11) is 0. The maximum atomic E-state index is 11.6. The summed E-state index contributed by atoms with van der Waals surface area (Å²) in [6, 6.07) is 14.9. The van der Waals surface area contributed by atoms with Crippen LogP contribution in [0, 0.1) is 0 Å². The molecule has 0 spiro atoms. The molecule has 1 amide bonds. The topological polar surface area (TPSA) is 66.1 Å². The van der Waals surface area contributed by atoms with E-state index in [2.05, 4.69) is 21.2 Å². The minimum Gasteiger partial charge on any atom is -0.316 e. The van der Waals surface area contributed by atoms with Crippen LogP contribution in [0.5, 0.6) is 0 Å². The average molecular weight is 298 g/mol. The molecule has 0 atom stereocenters. The molecule has 1 aromatic carbocycles. The third-order valence-corrected chi connectivity index (χ3v) is 2.64. The Morgan fingerprint density at radius 3 is 2.52 bits per heavy atom. The average Bonchev–Trinajstić information content (AvgIpc) is 2.53. The van der Waals surface area contributed by atoms with Crippen molar-refractivity contribution < 1.29 is 4.79 Å². The van der Waals surface area contributed by atoms with Crippen LogP contribution in [0.3, 0.4) is 0 Å². The van der Waals surface area contributed by atoms with E-state index in [0.29, 0.717) is 5.82 Å². The molecule has 5 nitrogen and oxygen atoms in total. The zero-order valence-electron chi connectivity index (χ0n) is 11.1. The summed E-state index contributed by atoms with van der Waals surface area (Å²) in [6.07, 6.45) is 4.78. The molecule has 0 unspecified atom stereocenters. The van der Waals surface area contributed by atoms with Gasteiger partial charge in [-0.2, -0.15) is 0 Å². The molecule has 0 saturated heterocycles. The lowest BCUT2D eigenvalue weighted by atomic mass is 10.2. The highest BCUT2D eigenvalue weighted by molar-refractivity contribution is 7.80. The fourth-order valence-electron chi connectivity index (χ4n) is 1.48. The van der Waals surface area contributed by atoms with E-state index in [1.54, 1.807) is 24.4 Å². The Balaban J connectivity index is 1.76. The van der Waals surface area contributed by atoms with Gasteiger partial charge in [-0.05, 0) is 36.0 Å². The summed E-state index contributed by atoms with van der Waals surface area (Å²) < 4.78 is 0. The number of hydrazine groups is 1. The highest BCUT2D eigenvalue weighted by atomic mass is 32.1. The highest BCUT2D eigenvalue weighted by Crippen LogP contribution is 2.00. The predicted octanol–water partition coefficient (Wildman–Crippen LogP) is 2.11. The van der Waals surface area contributed by atoms with Gasteiger partial charge in [0, 0.05) is 12.3 Å². The Kier molecular flexibility index (Phi) is 5.42. The molecule has 0 saturated carbocycles. The molecule has 2 aromatic rings. The van der Waals surface area contributed by atoms with E-state index in [4.69, 9.17) is 12.2 Å². The van der Waals surface area contributed by atoms with Crippen molar-refractivity contribution in [3.05, 3.63) is 66.4 Å².